The molecule has 0 amide bonds. The summed E-state index contributed by atoms with van der Waals surface area (Å²) in [6.07, 6.45) is 0. The molecule has 0 aliphatic carbocycles. The third-order valence-electron chi connectivity index (χ3n) is 1.22. The van der Waals surface area contributed by atoms with Crippen molar-refractivity contribution in [2.24, 2.45) is 0 Å². The molecule has 0 saturated heterocycles. The first-order chi connectivity index (χ1) is 5.69. The van der Waals surface area contributed by atoms with E-state index in [1.54, 1.807) is 23.5 Å². The van der Waals surface area contributed by atoms with Crippen molar-refractivity contribution in [3.05, 3.63) is 18.3 Å². The number of thiol groups is 4. The van der Waals surface area contributed by atoms with Crippen LogP contribution < -0.4 is 0 Å². The molecule has 0 aromatic rings. The molecule has 0 atom stereocenters. The first-order valence-electron chi connectivity index (χ1n) is 3.10. The molecule has 0 radical (unpaired) electrons. The van der Waals surface area contributed by atoms with Gasteiger partial charge in [-0.25, -0.2) is 0 Å². The van der Waals surface area contributed by atoms with E-state index in [-0.39, 0.29) is 0 Å². The highest BCUT2D eigenvalue weighted by Gasteiger charge is 2.16. The fourth-order valence-electron chi connectivity index (χ4n) is 0.675. The Morgan fingerprint density at radius 3 is 1.42 bits per heavy atom. The van der Waals surface area contributed by atoms with Gasteiger partial charge in [-0.15, -0.1) is 25.3 Å². The quantitative estimate of drug-likeness (QED) is 0.568. The Bertz CT molecular complexity index is 216. The first-order valence-corrected chi connectivity index (χ1v) is 6.90. The van der Waals surface area contributed by atoms with Crippen molar-refractivity contribution in [2.45, 2.75) is 0 Å². The van der Waals surface area contributed by atoms with Gasteiger partial charge in [0.1, 0.15) is 0 Å². The fourth-order valence-corrected chi connectivity index (χ4v) is 4.24. The van der Waals surface area contributed by atoms with Crippen molar-refractivity contribution in [2.75, 3.05) is 11.5 Å². The van der Waals surface area contributed by atoms with Gasteiger partial charge in [-0.3, -0.25) is 0 Å². The molecule has 1 aliphatic rings. The van der Waals surface area contributed by atoms with Crippen LogP contribution >= 0.6 is 74.0 Å². The van der Waals surface area contributed by atoms with Crippen molar-refractivity contribution >= 4 is 74.0 Å². The minimum atomic E-state index is 0.749. The van der Waals surface area contributed by atoms with Crippen LogP contribution in [-0.2, 0) is 0 Å². The van der Waals surface area contributed by atoms with E-state index in [2.05, 4.69) is 50.5 Å². The van der Waals surface area contributed by atoms with Crippen LogP contribution in [-0.4, -0.2) is 11.5 Å². The SMILES string of the molecule is SCC1=C(CS)SC(S)=C(S)S1. The molecule has 0 aromatic carbocycles. The lowest BCUT2D eigenvalue weighted by Gasteiger charge is -2.17. The summed E-state index contributed by atoms with van der Waals surface area (Å²) in [5, 5.41) is 0. The van der Waals surface area contributed by atoms with E-state index < -0.39 is 0 Å². The van der Waals surface area contributed by atoms with Gasteiger partial charge in [-0.1, -0.05) is 23.5 Å². The van der Waals surface area contributed by atoms with Gasteiger partial charge in [-0.2, -0.15) is 25.3 Å². The zero-order chi connectivity index (χ0) is 9.14. The average molecular weight is 273 g/mol. The third-order valence-corrected chi connectivity index (χ3v) is 6.08. The van der Waals surface area contributed by atoms with Crippen LogP contribution in [0.25, 0.3) is 0 Å². The molecule has 0 N–H and O–H groups in total. The molecular formula is C6H8S6. The van der Waals surface area contributed by atoms with E-state index in [1.807, 2.05) is 0 Å². The molecule has 0 nitrogen and oxygen atoms in total. The van der Waals surface area contributed by atoms with Crippen LogP contribution in [0.4, 0.5) is 0 Å². The molecule has 12 heavy (non-hydrogen) atoms. The Morgan fingerprint density at radius 2 is 1.17 bits per heavy atom. The Balaban J connectivity index is 2.82. The van der Waals surface area contributed by atoms with Crippen LogP contribution in [0.5, 0.6) is 0 Å². The summed E-state index contributed by atoms with van der Waals surface area (Å²) in [6.45, 7) is 0. The van der Waals surface area contributed by atoms with Gasteiger partial charge in [-0.05, 0) is 0 Å². The summed E-state index contributed by atoms with van der Waals surface area (Å²) < 4.78 is 1.91. The van der Waals surface area contributed by atoms with Gasteiger partial charge in [0.2, 0.25) is 0 Å². The van der Waals surface area contributed by atoms with Gasteiger partial charge < -0.3 is 0 Å². The molecule has 0 saturated carbocycles. The van der Waals surface area contributed by atoms with Crippen molar-refractivity contribution in [1.82, 2.24) is 0 Å². The maximum Gasteiger partial charge on any atom is 0.0618 e. The molecule has 1 heterocycles. The zero-order valence-electron chi connectivity index (χ0n) is 6.02. The van der Waals surface area contributed by atoms with Crippen molar-refractivity contribution < 1.29 is 0 Å². The lowest BCUT2D eigenvalue weighted by molar-refractivity contribution is 1.60. The second kappa shape index (κ2) is 5.46. The van der Waals surface area contributed by atoms with Gasteiger partial charge in [0, 0.05) is 21.3 Å². The molecule has 1 aliphatic heterocycles. The molecule has 68 valence electrons. The molecule has 1 rings (SSSR count). The highest BCUT2D eigenvalue weighted by Crippen LogP contribution is 2.48. The number of thioether (sulfide) groups is 2. The molecule has 0 spiro atoms. The number of hydrogen-bond acceptors (Lipinski definition) is 6. The van der Waals surface area contributed by atoms with E-state index in [4.69, 9.17) is 0 Å². The highest BCUT2D eigenvalue weighted by molar-refractivity contribution is 8.26. The topological polar surface area (TPSA) is 0 Å². The van der Waals surface area contributed by atoms with E-state index in [0.717, 1.165) is 20.0 Å². The number of hydrogen-bond donors (Lipinski definition) is 4. The highest BCUT2D eigenvalue weighted by atomic mass is 32.2. The predicted octanol–water partition coefficient (Wildman–Crippen LogP) is 3.52. The Morgan fingerprint density at radius 1 is 0.833 bits per heavy atom. The van der Waals surface area contributed by atoms with E-state index in [1.165, 1.54) is 9.81 Å². The Hall–Kier alpha value is 1.58. The van der Waals surface area contributed by atoms with Crippen LogP contribution in [0, 0.1) is 0 Å². The summed E-state index contributed by atoms with van der Waals surface area (Å²) in [6, 6.07) is 0. The van der Waals surface area contributed by atoms with Crippen LogP contribution in [0.3, 0.4) is 0 Å². The van der Waals surface area contributed by atoms with Crippen LogP contribution in [0.15, 0.2) is 18.3 Å². The molecule has 0 fully saturated rings. The minimum absolute atomic E-state index is 0.749. The molecular weight excluding hydrogens is 264 g/mol. The summed E-state index contributed by atoms with van der Waals surface area (Å²) in [5.74, 6) is 1.50. The Labute approximate surface area is 103 Å². The van der Waals surface area contributed by atoms with Crippen LogP contribution in [0.1, 0.15) is 0 Å². The maximum absolute atomic E-state index is 4.30. The molecule has 0 bridgehead atoms. The second-order valence-electron chi connectivity index (χ2n) is 1.98. The maximum atomic E-state index is 4.30. The molecule has 6 heteroatoms. The monoisotopic (exact) mass is 272 g/mol. The van der Waals surface area contributed by atoms with Crippen molar-refractivity contribution in [3.8, 4) is 0 Å². The first kappa shape index (κ1) is 11.7. The fraction of sp³-hybridized carbons (Fsp3) is 0.333. The number of rotatable bonds is 2. The largest absolute Gasteiger partial charge is 0.174 e. The van der Waals surface area contributed by atoms with E-state index >= 15 is 0 Å². The van der Waals surface area contributed by atoms with Crippen LogP contribution in [0.2, 0.25) is 0 Å². The van der Waals surface area contributed by atoms with Gasteiger partial charge in [0.25, 0.3) is 0 Å². The Kier molecular flexibility index (Phi) is 5.30. The molecule has 0 aromatic heterocycles. The lowest BCUT2D eigenvalue weighted by Crippen LogP contribution is -1.93. The zero-order valence-corrected chi connectivity index (χ0v) is 11.2. The third kappa shape index (κ3) is 2.78. The van der Waals surface area contributed by atoms with Crippen molar-refractivity contribution in [3.63, 3.8) is 0 Å². The van der Waals surface area contributed by atoms with Crippen molar-refractivity contribution in [1.29, 1.82) is 0 Å². The van der Waals surface area contributed by atoms with E-state index in [0.29, 0.717) is 0 Å². The van der Waals surface area contributed by atoms with E-state index in [9.17, 15) is 0 Å². The smallest absolute Gasteiger partial charge is 0.0618 e. The summed E-state index contributed by atoms with van der Waals surface area (Å²) in [5.41, 5.74) is 0. The normalized spacial score (nSPS) is 19.0. The molecule has 0 unspecified atom stereocenters. The summed E-state index contributed by atoms with van der Waals surface area (Å²) in [4.78, 5) is 2.47. The van der Waals surface area contributed by atoms with Gasteiger partial charge >= 0.3 is 0 Å². The second-order valence-corrected chi connectivity index (χ2v) is 6.32. The van der Waals surface area contributed by atoms with Gasteiger partial charge in [0.05, 0.1) is 8.47 Å². The summed E-state index contributed by atoms with van der Waals surface area (Å²) >= 11 is 20.3. The standard InChI is InChI=1S/C6H8S6/c7-1-3-4(2-8)12-6(10)5(9)11-3/h7-10H,1-2H2. The summed E-state index contributed by atoms with van der Waals surface area (Å²) in [7, 11) is 0. The average Bonchev–Trinajstić information content (AvgIpc) is 2.09. The minimum Gasteiger partial charge on any atom is -0.174 e. The predicted molar refractivity (Wildman–Crippen MR) is 74.9 cm³/mol. The lowest BCUT2D eigenvalue weighted by atomic mass is 10.5. The van der Waals surface area contributed by atoms with Gasteiger partial charge in [0.15, 0.2) is 0 Å².